The molecule has 1 fully saturated rings. The van der Waals surface area contributed by atoms with Crippen LogP contribution in [0.15, 0.2) is 24.3 Å². The molecule has 1 amide bonds. The van der Waals surface area contributed by atoms with Crippen LogP contribution in [0, 0.1) is 12.8 Å². The Kier molecular flexibility index (Phi) is 4.48. The maximum atomic E-state index is 12.7. The molecule has 1 saturated carbocycles. The fraction of sp³-hybridized carbons (Fsp3) is 0.588. The summed E-state index contributed by atoms with van der Waals surface area (Å²) in [5.74, 6) is 0.635. The van der Waals surface area contributed by atoms with Crippen LogP contribution in [-0.4, -0.2) is 23.4 Å². The molecule has 1 aromatic carbocycles. The smallest absolute Gasteiger partial charge is 0.242 e. The minimum absolute atomic E-state index is 0.0885. The van der Waals surface area contributed by atoms with Gasteiger partial charge in [0, 0.05) is 13.6 Å². The first kappa shape index (κ1) is 15.0. The average molecular weight is 274 g/mol. The van der Waals surface area contributed by atoms with Crippen molar-refractivity contribution in [2.75, 3.05) is 7.05 Å². The lowest BCUT2D eigenvalue weighted by Crippen LogP contribution is -2.56. The van der Waals surface area contributed by atoms with E-state index in [0.29, 0.717) is 12.5 Å². The van der Waals surface area contributed by atoms with Crippen LogP contribution < -0.4 is 5.73 Å². The monoisotopic (exact) mass is 274 g/mol. The van der Waals surface area contributed by atoms with Crippen LogP contribution in [0.5, 0.6) is 0 Å². The number of hydrogen-bond donors (Lipinski definition) is 1. The summed E-state index contributed by atoms with van der Waals surface area (Å²) < 4.78 is 0. The Labute approximate surface area is 122 Å². The van der Waals surface area contributed by atoms with Crippen molar-refractivity contribution in [3.63, 3.8) is 0 Å². The van der Waals surface area contributed by atoms with Gasteiger partial charge in [-0.3, -0.25) is 4.79 Å². The molecule has 2 rings (SSSR count). The van der Waals surface area contributed by atoms with Gasteiger partial charge in [0.15, 0.2) is 0 Å². The molecule has 2 unspecified atom stereocenters. The first-order valence-corrected chi connectivity index (χ1v) is 7.51. The third-order valence-corrected chi connectivity index (χ3v) is 4.31. The Bertz CT molecular complexity index is 486. The van der Waals surface area contributed by atoms with Crippen LogP contribution in [0.2, 0.25) is 0 Å². The number of hydrogen-bond acceptors (Lipinski definition) is 2. The topological polar surface area (TPSA) is 46.3 Å². The summed E-state index contributed by atoms with van der Waals surface area (Å²) in [5, 5.41) is 0. The minimum Gasteiger partial charge on any atom is -0.340 e. The molecule has 0 bridgehead atoms. The van der Waals surface area contributed by atoms with Gasteiger partial charge in [-0.2, -0.15) is 0 Å². The number of nitrogens with two attached hydrogens (primary N) is 1. The molecule has 3 heteroatoms. The minimum atomic E-state index is -0.657. The van der Waals surface area contributed by atoms with Crippen molar-refractivity contribution in [2.45, 2.75) is 51.6 Å². The molecule has 0 heterocycles. The van der Waals surface area contributed by atoms with Gasteiger partial charge in [-0.25, -0.2) is 0 Å². The predicted molar refractivity (Wildman–Crippen MR) is 82.2 cm³/mol. The van der Waals surface area contributed by atoms with Crippen molar-refractivity contribution in [2.24, 2.45) is 11.7 Å². The van der Waals surface area contributed by atoms with Crippen LogP contribution in [-0.2, 0) is 11.3 Å². The number of amides is 1. The number of nitrogens with zero attached hydrogens (tertiary/aromatic N) is 1. The molecule has 1 aliphatic carbocycles. The molecule has 0 aliphatic heterocycles. The molecular weight excluding hydrogens is 248 g/mol. The molecule has 2 N–H and O–H groups in total. The van der Waals surface area contributed by atoms with Crippen LogP contribution in [0.3, 0.4) is 0 Å². The molecule has 1 aliphatic rings. The highest BCUT2D eigenvalue weighted by molar-refractivity contribution is 5.86. The molecule has 110 valence electrons. The summed E-state index contributed by atoms with van der Waals surface area (Å²) in [7, 11) is 1.86. The fourth-order valence-electron chi connectivity index (χ4n) is 3.32. The number of aryl methyl sites for hydroxylation is 1. The zero-order chi connectivity index (χ0) is 14.8. The summed E-state index contributed by atoms with van der Waals surface area (Å²) >= 11 is 0. The van der Waals surface area contributed by atoms with E-state index in [-0.39, 0.29) is 5.91 Å². The summed E-state index contributed by atoms with van der Waals surface area (Å²) in [5.41, 5.74) is 8.11. The normalized spacial score (nSPS) is 26.3. The number of carbonyl (C=O) groups excluding carboxylic acids is 1. The van der Waals surface area contributed by atoms with Gasteiger partial charge in [-0.05, 0) is 31.2 Å². The molecule has 0 radical (unpaired) electrons. The Morgan fingerprint density at radius 1 is 1.50 bits per heavy atom. The standard InChI is InChI=1S/C17H26N2O/c1-13-6-4-8-15(10-13)12-19(3)16(20)17(18)9-5-7-14(2)11-17/h4,6,8,10,14H,5,7,9,11-12,18H2,1-3H3. The first-order chi connectivity index (χ1) is 9.40. The van der Waals surface area contributed by atoms with Crippen molar-refractivity contribution in [1.29, 1.82) is 0 Å². The highest BCUT2D eigenvalue weighted by Crippen LogP contribution is 2.31. The predicted octanol–water partition coefficient (Wildman–Crippen LogP) is 2.86. The first-order valence-electron chi connectivity index (χ1n) is 7.51. The third-order valence-electron chi connectivity index (χ3n) is 4.31. The molecule has 3 nitrogen and oxygen atoms in total. The maximum Gasteiger partial charge on any atom is 0.242 e. The fourth-order valence-corrected chi connectivity index (χ4v) is 3.32. The van der Waals surface area contributed by atoms with Crippen molar-refractivity contribution in [3.05, 3.63) is 35.4 Å². The van der Waals surface area contributed by atoms with E-state index in [9.17, 15) is 4.79 Å². The quantitative estimate of drug-likeness (QED) is 0.921. The number of benzene rings is 1. The highest BCUT2D eigenvalue weighted by atomic mass is 16.2. The van der Waals surface area contributed by atoms with Gasteiger partial charge < -0.3 is 10.6 Å². The second kappa shape index (κ2) is 5.96. The summed E-state index contributed by atoms with van der Waals surface area (Å²) in [6, 6.07) is 8.28. The Morgan fingerprint density at radius 2 is 2.25 bits per heavy atom. The average Bonchev–Trinajstić information content (AvgIpc) is 2.37. The van der Waals surface area contributed by atoms with E-state index in [1.165, 1.54) is 12.0 Å². The second-order valence-electron chi connectivity index (χ2n) is 6.51. The van der Waals surface area contributed by atoms with Gasteiger partial charge in [0.1, 0.15) is 0 Å². The molecule has 1 aromatic rings. The summed E-state index contributed by atoms with van der Waals surface area (Å²) in [6.45, 7) is 4.89. The maximum absolute atomic E-state index is 12.7. The second-order valence-corrected chi connectivity index (χ2v) is 6.51. The van der Waals surface area contributed by atoms with E-state index in [1.807, 2.05) is 13.1 Å². The molecule has 2 atom stereocenters. The van der Waals surface area contributed by atoms with Crippen LogP contribution in [0.1, 0.15) is 43.7 Å². The Balaban J connectivity index is 2.04. The summed E-state index contributed by atoms with van der Waals surface area (Å²) in [6.07, 6.45) is 3.87. The lowest BCUT2D eigenvalue weighted by atomic mass is 9.76. The largest absolute Gasteiger partial charge is 0.340 e. The number of likely N-dealkylation sites (N-methyl/N-ethyl adjacent to an activating group) is 1. The Morgan fingerprint density at radius 3 is 2.90 bits per heavy atom. The van der Waals surface area contributed by atoms with Gasteiger partial charge in [0.2, 0.25) is 5.91 Å². The van der Waals surface area contributed by atoms with E-state index in [1.54, 1.807) is 4.90 Å². The van der Waals surface area contributed by atoms with Crippen molar-refractivity contribution >= 4 is 5.91 Å². The number of rotatable bonds is 3. The lowest BCUT2D eigenvalue weighted by Gasteiger charge is -2.38. The van der Waals surface area contributed by atoms with Crippen LogP contribution in [0.25, 0.3) is 0 Å². The van der Waals surface area contributed by atoms with Crippen molar-refractivity contribution < 1.29 is 4.79 Å². The van der Waals surface area contributed by atoms with Gasteiger partial charge in [0.25, 0.3) is 0 Å². The van der Waals surface area contributed by atoms with Gasteiger partial charge in [-0.15, -0.1) is 0 Å². The van der Waals surface area contributed by atoms with E-state index in [2.05, 4.69) is 32.0 Å². The van der Waals surface area contributed by atoms with Crippen molar-refractivity contribution in [3.8, 4) is 0 Å². The van der Waals surface area contributed by atoms with Crippen LogP contribution in [0.4, 0.5) is 0 Å². The third kappa shape index (κ3) is 3.40. The molecule has 0 spiro atoms. The molecule has 20 heavy (non-hydrogen) atoms. The lowest BCUT2D eigenvalue weighted by molar-refractivity contribution is -0.138. The van der Waals surface area contributed by atoms with E-state index in [4.69, 9.17) is 5.73 Å². The van der Waals surface area contributed by atoms with Gasteiger partial charge in [-0.1, -0.05) is 49.6 Å². The molecule has 0 saturated heterocycles. The van der Waals surface area contributed by atoms with Crippen molar-refractivity contribution in [1.82, 2.24) is 4.90 Å². The highest BCUT2D eigenvalue weighted by Gasteiger charge is 2.39. The van der Waals surface area contributed by atoms with Gasteiger partial charge >= 0.3 is 0 Å². The Hall–Kier alpha value is -1.35. The SMILES string of the molecule is Cc1cccc(CN(C)C(=O)C2(N)CCCC(C)C2)c1. The van der Waals surface area contributed by atoms with E-state index in [0.717, 1.165) is 24.8 Å². The zero-order valence-electron chi connectivity index (χ0n) is 12.9. The van der Waals surface area contributed by atoms with Crippen LogP contribution >= 0.6 is 0 Å². The van der Waals surface area contributed by atoms with E-state index < -0.39 is 5.54 Å². The summed E-state index contributed by atoms with van der Waals surface area (Å²) in [4.78, 5) is 14.4. The number of carbonyl (C=O) groups is 1. The van der Waals surface area contributed by atoms with E-state index >= 15 is 0 Å². The van der Waals surface area contributed by atoms with Gasteiger partial charge in [0.05, 0.1) is 5.54 Å². The molecular formula is C17H26N2O. The molecule has 0 aromatic heterocycles. The zero-order valence-corrected chi connectivity index (χ0v) is 12.9.